The zero-order valence-electron chi connectivity index (χ0n) is 12.3. The second-order valence-electron chi connectivity index (χ2n) is 4.64. The van der Waals surface area contributed by atoms with E-state index in [0.29, 0.717) is 12.1 Å². The molecule has 0 aliphatic carbocycles. The molecule has 0 saturated carbocycles. The van der Waals surface area contributed by atoms with Crippen LogP contribution in [0.5, 0.6) is 0 Å². The summed E-state index contributed by atoms with van der Waals surface area (Å²) in [4.78, 5) is 20.4. The van der Waals surface area contributed by atoms with Crippen LogP contribution in [0.15, 0.2) is 18.3 Å². The van der Waals surface area contributed by atoms with Crippen molar-refractivity contribution in [3.63, 3.8) is 0 Å². The monoisotopic (exact) mass is 264 g/mol. The Morgan fingerprint density at radius 1 is 1.26 bits per heavy atom. The molecule has 1 aromatic rings. The van der Waals surface area contributed by atoms with E-state index in [1.165, 1.54) is 0 Å². The molecule has 1 N–H and O–H groups in total. The Morgan fingerprint density at radius 2 is 1.95 bits per heavy atom. The van der Waals surface area contributed by atoms with Crippen molar-refractivity contribution in [2.75, 3.05) is 45.2 Å². The Morgan fingerprint density at radius 3 is 2.42 bits per heavy atom. The molecular formula is C14H24N4O. The number of aromatic nitrogens is 1. The summed E-state index contributed by atoms with van der Waals surface area (Å²) in [6.45, 7) is 7.48. The van der Waals surface area contributed by atoms with Crippen molar-refractivity contribution in [3.8, 4) is 0 Å². The maximum Gasteiger partial charge on any atom is 0.252 e. The van der Waals surface area contributed by atoms with Gasteiger partial charge in [0.25, 0.3) is 5.91 Å². The van der Waals surface area contributed by atoms with Crippen LogP contribution in [0.2, 0.25) is 0 Å². The second-order valence-corrected chi connectivity index (χ2v) is 4.64. The van der Waals surface area contributed by atoms with Crippen LogP contribution in [0.1, 0.15) is 24.2 Å². The van der Waals surface area contributed by atoms with E-state index in [2.05, 4.69) is 29.0 Å². The van der Waals surface area contributed by atoms with Gasteiger partial charge in [-0.25, -0.2) is 4.98 Å². The topological polar surface area (TPSA) is 48.5 Å². The fourth-order valence-corrected chi connectivity index (χ4v) is 1.75. The van der Waals surface area contributed by atoms with E-state index in [0.717, 1.165) is 25.5 Å². The summed E-state index contributed by atoms with van der Waals surface area (Å²) in [5, 5.41) is 2.87. The minimum atomic E-state index is -0.0690. The third-order valence-electron chi connectivity index (χ3n) is 2.94. The first-order valence-corrected chi connectivity index (χ1v) is 6.72. The van der Waals surface area contributed by atoms with Gasteiger partial charge < -0.3 is 15.1 Å². The summed E-state index contributed by atoms with van der Waals surface area (Å²) in [5.74, 6) is 0.843. The van der Waals surface area contributed by atoms with Gasteiger partial charge in [-0.1, -0.05) is 0 Å². The van der Waals surface area contributed by atoms with E-state index in [-0.39, 0.29) is 5.91 Å². The standard InChI is InChI=1S/C14H24N4O/c1-5-18(6-2)13-8-7-12(11-16-13)14(19)15-9-10-17(3)4/h7-8,11H,5-6,9-10H2,1-4H3,(H,15,19). The van der Waals surface area contributed by atoms with Crippen LogP contribution < -0.4 is 10.2 Å². The predicted octanol–water partition coefficient (Wildman–Crippen LogP) is 1.22. The number of hydrogen-bond donors (Lipinski definition) is 1. The van der Waals surface area contributed by atoms with Crippen LogP contribution in [0.25, 0.3) is 0 Å². The third-order valence-corrected chi connectivity index (χ3v) is 2.94. The van der Waals surface area contributed by atoms with Crippen molar-refractivity contribution >= 4 is 11.7 Å². The molecule has 0 radical (unpaired) electrons. The summed E-state index contributed by atoms with van der Waals surface area (Å²) in [6, 6.07) is 3.72. The maximum absolute atomic E-state index is 11.9. The average molecular weight is 264 g/mol. The molecular weight excluding hydrogens is 240 g/mol. The number of pyridine rings is 1. The number of carbonyl (C=O) groups excluding carboxylic acids is 1. The Kier molecular flexibility index (Phi) is 6.29. The molecule has 1 aromatic heterocycles. The first-order chi connectivity index (χ1) is 9.08. The number of rotatable bonds is 7. The van der Waals surface area contributed by atoms with Crippen LogP contribution in [-0.4, -0.2) is 56.1 Å². The SMILES string of the molecule is CCN(CC)c1ccc(C(=O)NCCN(C)C)cn1. The molecule has 1 heterocycles. The normalized spacial score (nSPS) is 10.6. The molecule has 0 aliphatic heterocycles. The van der Waals surface area contributed by atoms with E-state index in [9.17, 15) is 4.79 Å². The minimum Gasteiger partial charge on any atom is -0.357 e. The van der Waals surface area contributed by atoms with Gasteiger partial charge in [-0.3, -0.25) is 4.79 Å². The molecule has 106 valence electrons. The molecule has 0 aliphatic rings. The van der Waals surface area contributed by atoms with Gasteiger partial charge in [0.1, 0.15) is 5.82 Å². The van der Waals surface area contributed by atoms with Crippen molar-refractivity contribution in [1.29, 1.82) is 0 Å². The van der Waals surface area contributed by atoms with Gasteiger partial charge in [-0.15, -0.1) is 0 Å². The van der Waals surface area contributed by atoms with Crippen LogP contribution >= 0.6 is 0 Å². The number of likely N-dealkylation sites (N-methyl/N-ethyl adjacent to an activating group) is 1. The molecule has 0 bridgehead atoms. The number of amides is 1. The number of anilines is 1. The van der Waals surface area contributed by atoms with E-state index >= 15 is 0 Å². The van der Waals surface area contributed by atoms with Gasteiger partial charge in [0.15, 0.2) is 0 Å². The quantitative estimate of drug-likeness (QED) is 0.804. The fourth-order valence-electron chi connectivity index (χ4n) is 1.75. The van der Waals surface area contributed by atoms with E-state index < -0.39 is 0 Å². The van der Waals surface area contributed by atoms with Crippen LogP contribution in [0.3, 0.4) is 0 Å². The number of hydrogen-bond acceptors (Lipinski definition) is 4. The highest BCUT2D eigenvalue weighted by molar-refractivity contribution is 5.94. The summed E-state index contributed by atoms with van der Waals surface area (Å²) in [6.07, 6.45) is 1.64. The molecule has 0 spiro atoms. The molecule has 0 unspecified atom stereocenters. The van der Waals surface area contributed by atoms with Gasteiger partial charge in [0, 0.05) is 32.4 Å². The molecule has 1 rings (SSSR count). The maximum atomic E-state index is 11.9. The highest BCUT2D eigenvalue weighted by Gasteiger charge is 2.07. The number of nitrogens with zero attached hydrogens (tertiary/aromatic N) is 3. The van der Waals surface area contributed by atoms with Crippen molar-refractivity contribution < 1.29 is 4.79 Å². The lowest BCUT2D eigenvalue weighted by Crippen LogP contribution is -2.31. The first kappa shape index (κ1) is 15.4. The summed E-state index contributed by atoms with van der Waals surface area (Å²) < 4.78 is 0. The van der Waals surface area contributed by atoms with E-state index in [1.807, 2.05) is 31.1 Å². The Bertz CT molecular complexity index is 385. The third kappa shape index (κ3) is 4.87. The lowest BCUT2D eigenvalue weighted by molar-refractivity contribution is 0.0950. The first-order valence-electron chi connectivity index (χ1n) is 6.72. The summed E-state index contributed by atoms with van der Waals surface area (Å²) >= 11 is 0. The minimum absolute atomic E-state index is 0.0690. The molecule has 1 amide bonds. The molecule has 5 nitrogen and oxygen atoms in total. The molecule has 0 atom stereocenters. The van der Waals surface area contributed by atoms with Gasteiger partial charge in [-0.05, 0) is 40.1 Å². The van der Waals surface area contributed by atoms with E-state index in [4.69, 9.17) is 0 Å². The lowest BCUT2D eigenvalue weighted by atomic mass is 10.2. The lowest BCUT2D eigenvalue weighted by Gasteiger charge is -2.19. The Labute approximate surface area is 115 Å². The zero-order chi connectivity index (χ0) is 14.3. The van der Waals surface area contributed by atoms with Crippen LogP contribution in [0.4, 0.5) is 5.82 Å². The molecule has 0 saturated heterocycles. The second kappa shape index (κ2) is 7.74. The van der Waals surface area contributed by atoms with Crippen molar-refractivity contribution in [2.45, 2.75) is 13.8 Å². The number of nitrogens with one attached hydrogen (secondary N) is 1. The Hall–Kier alpha value is -1.62. The highest BCUT2D eigenvalue weighted by Crippen LogP contribution is 2.10. The average Bonchev–Trinajstić information content (AvgIpc) is 2.40. The predicted molar refractivity (Wildman–Crippen MR) is 78.7 cm³/mol. The molecule has 0 aromatic carbocycles. The fraction of sp³-hybridized carbons (Fsp3) is 0.571. The zero-order valence-corrected chi connectivity index (χ0v) is 12.3. The van der Waals surface area contributed by atoms with Crippen molar-refractivity contribution in [1.82, 2.24) is 15.2 Å². The molecule has 0 fully saturated rings. The van der Waals surface area contributed by atoms with E-state index in [1.54, 1.807) is 6.20 Å². The highest BCUT2D eigenvalue weighted by atomic mass is 16.1. The van der Waals surface area contributed by atoms with Gasteiger partial charge in [0.2, 0.25) is 0 Å². The van der Waals surface area contributed by atoms with Gasteiger partial charge in [0.05, 0.1) is 5.56 Å². The van der Waals surface area contributed by atoms with Gasteiger partial charge in [-0.2, -0.15) is 0 Å². The van der Waals surface area contributed by atoms with Crippen LogP contribution in [-0.2, 0) is 0 Å². The largest absolute Gasteiger partial charge is 0.357 e. The van der Waals surface area contributed by atoms with Crippen molar-refractivity contribution in [3.05, 3.63) is 23.9 Å². The molecule has 5 heteroatoms. The molecule has 19 heavy (non-hydrogen) atoms. The Balaban J connectivity index is 2.58. The summed E-state index contributed by atoms with van der Waals surface area (Å²) in [5.41, 5.74) is 0.606. The van der Waals surface area contributed by atoms with Gasteiger partial charge >= 0.3 is 0 Å². The van der Waals surface area contributed by atoms with Crippen LogP contribution in [0, 0.1) is 0 Å². The summed E-state index contributed by atoms with van der Waals surface area (Å²) in [7, 11) is 3.96. The van der Waals surface area contributed by atoms with Crippen molar-refractivity contribution in [2.24, 2.45) is 0 Å². The number of carbonyl (C=O) groups is 1. The smallest absolute Gasteiger partial charge is 0.252 e.